The average molecular weight is 378 g/mol. The van der Waals surface area contributed by atoms with E-state index >= 15 is 0 Å². The summed E-state index contributed by atoms with van der Waals surface area (Å²) in [5.74, 6) is -0.207. The van der Waals surface area contributed by atoms with Gasteiger partial charge in [0.05, 0.1) is 29.4 Å². The summed E-state index contributed by atoms with van der Waals surface area (Å²) in [4.78, 5) is 12.5. The van der Waals surface area contributed by atoms with E-state index in [0.29, 0.717) is 38.9 Å². The van der Waals surface area contributed by atoms with Crippen molar-refractivity contribution < 1.29 is 9.53 Å². The van der Waals surface area contributed by atoms with E-state index < -0.39 is 0 Å². The topological polar surface area (TPSA) is 44.1 Å². The lowest BCUT2D eigenvalue weighted by Gasteiger charge is -2.07. The van der Waals surface area contributed by atoms with Crippen molar-refractivity contribution in [2.75, 3.05) is 13.7 Å². The minimum absolute atomic E-state index is 0.207. The quantitative estimate of drug-likeness (QED) is 0.743. The van der Waals surface area contributed by atoms with Crippen molar-refractivity contribution in [2.45, 2.75) is 6.54 Å². The first kappa shape index (κ1) is 15.5. The molecular formula is C13H11BrCl2N2O2. The van der Waals surface area contributed by atoms with Gasteiger partial charge in [0.1, 0.15) is 5.69 Å². The van der Waals surface area contributed by atoms with E-state index in [2.05, 4.69) is 21.0 Å². The second-order valence-corrected chi connectivity index (χ2v) is 5.68. The van der Waals surface area contributed by atoms with E-state index in [0.717, 1.165) is 0 Å². The minimum atomic E-state index is -0.207. The molecule has 7 heteroatoms. The Kier molecular flexibility index (Phi) is 5.21. The van der Waals surface area contributed by atoms with Crippen LogP contribution in [0.4, 0.5) is 0 Å². The zero-order chi connectivity index (χ0) is 14.7. The van der Waals surface area contributed by atoms with Crippen molar-refractivity contribution in [2.24, 2.45) is 0 Å². The third-order valence-corrected chi connectivity index (χ3v) is 4.19. The molecule has 0 aliphatic carbocycles. The van der Waals surface area contributed by atoms with Crippen LogP contribution in [0.25, 0.3) is 0 Å². The maximum Gasteiger partial charge on any atom is 0.212 e. The Bertz CT molecular complexity index is 643. The van der Waals surface area contributed by atoms with Gasteiger partial charge in [0.15, 0.2) is 0 Å². The van der Waals surface area contributed by atoms with E-state index in [1.54, 1.807) is 25.3 Å². The van der Waals surface area contributed by atoms with Crippen LogP contribution in [-0.2, 0) is 11.3 Å². The first-order valence-electron chi connectivity index (χ1n) is 5.74. The molecular weight excluding hydrogens is 367 g/mol. The van der Waals surface area contributed by atoms with Gasteiger partial charge in [0.2, 0.25) is 5.78 Å². The van der Waals surface area contributed by atoms with Crippen LogP contribution < -0.4 is 0 Å². The first-order chi connectivity index (χ1) is 9.54. The number of halogens is 3. The van der Waals surface area contributed by atoms with Crippen molar-refractivity contribution in [3.8, 4) is 0 Å². The number of carbonyl (C=O) groups excluding carboxylic acids is 1. The lowest BCUT2D eigenvalue weighted by molar-refractivity contribution is 0.102. The molecule has 0 saturated heterocycles. The van der Waals surface area contributed by atoms with Crippen LogP contribution >= 0.6 is 39.1 Å². The number of rotatable bonds is 5. The normalized spacial score (nSPS) is 10.8. The van der Waals surface area contributed by atoms with Gasteiger partial charge in [-0.1, -0.05) is 23.2 Å². The molecule has 0 aliphatic rings. The average Bonchev–Trinajstić information content (AvgIpc) is 2.80. The summed E-state index contributed by atoms with van der Waals surface area (Å²) in [6.45, 7) is 0.904. The number of hydrogen-bond acceptors (Lipinski definition) is 3. The Morgan fingerprint density at radius 1 is 1.40 bits per heavy atom. The smallest absolute Gasteiger partial charge is 0.212 e. The molecule has 0 amide bonds. The van der Waals surface area contributed by atoms with Gasteiger partial charge >= 0.3 is 0 Å². The van der Waals surface area contributed by atoms with E-state index in [9.17, 15) is 4.79 Å². The van der Waals surface area contributed by atoms with Crippen molar-refractivity contribution in [3.63, 3.8) is 0 Å². The number of nitrogens with zero attached hydrogens (tertiary/aromatic N) is 2. The third-order valence-electron chi connectivity index (χ3n) is 2.70. The van der Waals surface area contributed by atoms with Crippen molar-refractivity contribution in [1.82, 2.24) is 9.78 Å². The predicted octanol–water partition coefficient (Wildman–Crippen LogP) is 3.83. The molecule has 1 aromatic carbocycles. The second-order valence-electron chi connectivity index (χ2n) is 4.02. The number of benzene rings is 1. The standard InChI is InChI=1S/C13H11BrCl2N2O2/c1-20-5-4-18-12(11(16)7-17-18)13(19)8-2-3-10(15)9(14)6-8/h2-3,6-7H,4-5H2,1H3. The summed E-state index contributed by atoms with van der Waals surface area (Å²) >= 11 is 15.3. The molecule has 0 bridgehead atoms. The van der Waals surface area contributed by atoms with Gasteiger partial charge in [-0.25, -0.2) is 0 Å². The maximum absolute atomic E-state index is 12.5. The number of ether oxygens (including phenoxy) is 1. The Labute approximate surface area is 134 Å². The van der Waals surface area contributed by atoms with Crippen LogP contribution in [0.3, 0.4) is 0 Å². The minimum Gasteiger partial charge on any atom is -0.383 e. The van der Waals surface area contributed by atoms with Crippen LogP contribution in [0, 0.1) is 0 Å². The molecule has 0 N–H and O–H groups in total. The number of hydrogen-bond donors (Lipinski definition) is 0. The Balaban J connectivity index is 2.37. The van der Waals surface area contributed by atoms with Gasteiger partial charge in [-0.05, 0) is 34.1 Å². The fraction of sp³-hybridized carbons (Fsp3) is 0.231. The molecule has 0 spiro atoms. The van der Waals surface area contributed by atoms with E-state index in [4.69, 9.17) is 27.9 Å². The first-order valence-corrected chi connectivity index (χ1v) is 7.29. The van der Waals surface area contributed by atoms with E-state index in [1.165, 1.54) is 10.9 Å². The van der Waals surface area contributed by atoms with Crippen molar-refractivity contribution in [1.29, 1.82) is 0 Å². The van der Waals surface area contributed by atoms with Crippen LogP contribution in [0.1, 0.15) is 16.1 Å². The number of aromatic nitrogens is 2. The summed E-state index contributed by atoms with van der Waals surface area (Å²) < 4.78 is 7.19. The van der Waals surface area contributed by atoms with Gasteiger partial charge in [-0.2, -0.15) is 5.10 Å². The summed E-state index contributed by atoms with van der Waals surface area (Å²) in [5.41, 5.74) is 0.834. The fourth-order valence-corrected chi connectivity index (χ4v) is 2.43. The van der Waals surface area contributed by atoms with E-state index in [-0.39, 0.29) is 5.78 Å². The highest BCUT2D eigenvalue weighted by Crippen LogP contribution is 2.26. The second kappa shape index (κ2) is 6.72. The lowest BCUT2D eigenvalue weighted by atomic mass is 10.1. The molecule has 20 heavy (non-hydrogen) atoms. The molecule has 0 aliphatic heterocycles. The van der Waals surface area contributed by atoms with Gasteiger partial charge < -0.3 is 4.74 Å². The molecule has 0 atom stereocenters. The van der Waals surface area contributed by atoms with E-state index in [1.807, 2.05) is 0 Å². The van der Waals surface area contributed by atoms with Gasteiger partial charge in [0.25, 0.3) is 0 Å². The number of ketones is 1. The summed E-state index contributed by atoms with van der Waals surface area (Å²) in [5, 5.41) is 4.94. The Hall–Kier alpha value is -0.880. The Morgan fingerprint density at radius 2 is 2.15 bits per heavy atom. The highest BCUT2D eigenvalue weighted by atomic mass is 79.9. The monoisotopic (exact) mass is 376 g/mol. The highest BCUT2D eigenvalue weighted by molar-refractivity contribution is 9.10. The van der Waals surface area contributed by atoms with Crippen molar-refractivity contribution in [3.05, 3.63) is 50.2 Å². The molecule has 4 nitrogen and oxygen atoms in total. The maximum atomic E-state index is 12.5. The molecule has 0 radical (unpaired) electrons. The number of methoxy groups -OCH3 is 1. The third kappa shape index (κ3) is 3.23. The molecule has 0 fully saturated rings. The Morgan fingerprint density at radius 3 is 2.80 bits per heavy atom. The molecule has 106 valence electrons. The molecule has 2 rings (SSSR count). The highest BCUT2D eigenvalue weighted by Gasteiger charge is 2.19. The zero-order valence-corrected chi connectivity index (χ0v) is 13.7. The van der Waals surface area contributed by atoms with Crippen LogP contribution in [-0.4, -0.2) is 29.3 Å². The largest absolute Gasteiger partial charge is 0.383 e. The lowest BCUT2D eigenvalue weighted by Crippen LogP contribution is -2.14. The van der Waals surface area contributed by atoms with Crippen LogP contribution in [0.2, 0.25) is 10.0 Å². The summed E-state index contributed by atoms with van der Waals surface area (Å²) in [6, 6.07) is 4.97. The van der Waals surface area contributed by atoms with Gasteiger partial charge in [-0.15, -0.1) is 0 Å². The molecule has 2 aromatic rings. The zero-order valence-electron chi connectivity index (χ0n) is 10.6. The van der Waals surface area contributed by atoms with Crippen molar-refractivity contribution >= 4 is 44.9 Å². The summed E-state index contributed by atoms with van der Waals surface area (Å²) in [7, 11) is 1.59. The summed E-state index contributed by atoms with van der Waals surface area (Å²) in [6.07, 6.45) is 1.45. The predicted molar refractivity (Wildman–Crippen MR) is 81.7 cm³/mol. The van der Waals surface area contributed by atoms with Crippen LogP contribution in [0.5, 0.6) is 0 Å². The van der Waals surface area contributed by atoms with Gasteiger partial charge in [0, 0.05) is 17.1 Å². The SMILES string of the molecule is COCCn1ncc(Cl)c1C(=O)c1ccc(Cl)c(Br)c1. The fourth-order valence-electron chi connectivity index (χ4n) is 1.71. The molecule has 1 heterocycles. The molecule has 1 aromatic heterocycles. The molecule has 0 unspecified atom stereocenters. The van der Waals surface area contributed by atoms with Gasteiger partial charge in [-0.3, -0.25) is 9.48 Å². The molecule has 0 saturated carbocycles. The van der Waals surface area contributed by atoms with Crippen LogP contribution in [0.15, 0.2) is 28.9 Å². The number of carbonyl (C=O) groups is 1.